The Kier molecular flexibility index (Phi) is 10.9. The highest BCUT2D eigenvalue weighted by Gasteiger charge is 2.19. The van der Waals surface area contributed by atoms with Crippen LogP contribution in [-0.2, 0) is 4.74 Å². The molecule has 1 aromatic carbocycles. The summed E-state index contributed by atoms with van der Waals surface area (Å²) in [6.45, 7) is 10.4. The summed E-state index contributed by atoms with van der Waals surface area (Å²) < 4.78 is 10.4. The standard InChI is InChI=1S/C23H40N4O2/c1-5-24-23(26-21-12-16-27(17-13-21)15-6-18-28-3)25-14-11-19(2)20-7-9-22(29-4)10-8-20/h7-10,19,21H,5-6,11-18H2,1-4H3,(H2,24,25,26). The molecule has 0 bridgehead atoms. The van der Waals surface area contributed by atoms with Crippen molar-refractivity contribution >= 4 is 5.96 Å². The number of benzene rings is 1. The van der Waals surface area contributed by atoms with E-state index in [0.717, 1.165) is 63.9 Å². The van der Waals surface area contributed by atoms with Gasteiger partial charge >= 0.3 is 0 Å². The summed E-state index contributed by atoms with van der Waals surface area (Å²) in [6, 6.07) is 8.87. The fourth-order valence-electron chi connectivity index (χ4n) is 3.72. The minimum absolute atomic E-state index is 0.475. The number of nitrogens with zero attached hydrogens (tertiary/aromatic N) is 2. The third-order valence-corrected chi connectivity index (χ3v) is 5.61. The van der Waals surface area contributed by atoms with Crippen molar-refractivity contribution in [1.82, 2.24) is 15.5 Å². The highest BCUT2D eigenvalue weighted by Crippen LogP contribution is 2.21. The molecule has 164 valence electrons. The zero-order valence-electron chi connectivity index (χ0n) is 18.7. The second-order valence-electron chi connectivity index (χ2n) is 7.83. The van der Waals surface area contributed by atoms with Crippen LogP contribution in [0.5, 0.6) is 5.75 Å². The molecule has 0 aromatic heterocycles. The van der Waals surface area contributed by atoms with Gasteiger partial charge in [0.15, 0.2) is 5.96 Å². The molecule has 2 rings (SSSR count). The molecule has 29 heavy (non-hydrogen) atoms. The highest BCUT2D eigenvalue weighted by molar-refractivity contribution is 5.80. The first-order valence-electron chi connectivity index (χ1n) is 11.1. The van der Waals surface area contributed by atoms with Crippen molar-refractivity contribution in [2.45, 2.75) is 51.5 Å². The number of guanidine groups is 1. The van der Waals surface area contributed by atoms with Gasteiger partial charge in [-0.15, -0.1) is 0 Å². The first-order valence-corrected chi connectivity index (χ1v) is 11.1. The van der Waals surface area contributed by atoms with Crippen molar-refractivity contribution < 1.29 is 9.47 Å². The van der Waals surface area contributed by atoms with Crippen LogP contribution >= 0.6 is 0 Å². The van der Waals surface area contributed by atoms with Gasteiger partial charge in [0.1, 0.15) is 5.75 Å². The Labute approximate surface area is 177 Å². The number of nitrogens with one attached hydrogen (secondary N) is 2. The molecule has 0 aliphatic carbocycles. The third-order valence-electron chi connectivity index (χ3n) is 5.61. The number of hydrogen-bond acceptors (Lipinski definition) is 4. The fraction of sp³-hybridized carbons (Fsp3) is 0.696. The summed E-state index contributed by atoms with van der Waals surface area (Å²) in [6.07, 6.45) is 4.48. The Hall–Kier alpha value is -1.79. The summed E-state index contributed by atoms with van der Waals surface area (Å²) in [5, 5.41) is 7.05. The number of piperidine rings is 1. The van der Waals surface area contributed by atoms with Crippen LogP contribution in [0.4, 0.5) is 0 Å². The lowest BCUT2D eigenvalue weighted by atomic mass is 9.98. The van der Waals surface area contributed by atoms with Crippen LogP contribution < -0.4 is 15.4 Å². The smallest absolute Gasteiger partial charge is 0.191 e. The van der Waals surface area contributed by atoms with Gasteiger partial charge in [-0.1, -0.05) is 19.1 Å². The van der Waals surface area contributed by atoms with Crippen molar-refractivity contribution in [3.05, 3.63) is 29.8 Å². The van der Waals surface area contributed by atoms with E-state index >= 15 is 0 Å². The van der Waals surface area contributed by atoms with E-state index in [2.05, 4.69) is 41.5 Å². The summed E-state index contributed by atoms with van der Waals surface area (Å²) in [7, 11) is 3.48. The van der Waals surface area contributed by atoms with Crippen molar-refractivity contribution in [3.63, 3.8) is 0 Å². The van der Waals surface area contributed by atoms with Gasteiger partial charge in [0.25, 0.3) is 0 Å². The van der Waals surface area contributed by atoms with Crippen LogP contribution in [0.3, 0.4) is 0 Å². The van der Waals surface area contributed by atoms with Gasteiger partial charge in [0, 0.05) is 52.5 Å². The van der Waals surface area contributed by atoms with Crippen LogP contribution in [-0.4, -0.2) is 70.5 Å². The Morgan fingerprint density at radius 1 is 1.21 bits per heavy atom. The van der Waals surface area contributed by atoms with Gasteiger partial charge in [-0.2, -0.15) is 0 Å². The summed E-state index contributed by atoms with van der Waals surface area (Å²) in [5.74, 6) is 2.33. The van der Waals surface area contributed by atoms with Crippen LogP contribution in [0.1, 0.15) is 51.0 Å². The van der Waals surface area contributed by atoms with Crippen molar-refractivity contribution in [1.29, 1.82) is 0 Å². The number of aliphatic imine (C=N–C) groups is 1. The second kappa shape index (κ2) is 13.4. The van der Waals surface area contributed by atoms with E-state index in [1.54, 1.807) is 14.2 Å². The van der Waals surface area contributed by atoms with E-state index in [-0.39, 0.29) is 0 Å². The van der Waals surface area contributed by atoms with E-state index < -0.39 is 0 Å². The van der Waals surface area contributed by atoms with Gasteiger partial charge in [0.05, 0.1) is 7.11 Å². The number of ether oxygens (including phenoxy) is 2. The van der Waals surface area contributed by atoms with Gasteiger partial charge < -0.3 is 25.0 Å². The number of likely N-dealkylation sites (tertiary alicyclic amines) is 1. The van der Waals surface area contributed by atoms with E-state index in [1.807, 2.05) is 12.1 Å². The zero-order valence-corrected chi connectivity index (χ0v) is 18.7. The van der Waals surface area contributed by atoms with Gasteiger partial charge in [0.2, 0.25) is 0 Å². The monoisotopic (exact) mass is 404 g/mol. The van der Waals surface area contributed by atoms with E-state index in [1.165, 1.54) is 18.4 Å². The average molecular weight is 405 g/mol. The molecule has 0 amide bonds. The van der Waals surface area contributed by atoms with Crippen LogP contribution in [0, 0.1) is 0 Å². The molecule has 0 spiro atoms. The lowest BCUT2D eigenvalue weighted by Gasteiger charge is -2.33. The molecule has 1 fully saturated rings. The fourth-order valence-corrected chi connectivity index (χ4v) is 3.72. The van der Waals surface area contributed by atoms with E-state index in [4.69, 9.17) is 14.5 Å². The molecular weight excluding hydrogens is 364 g/mol. The third kappa shape index (κ3) is 8.62. The molecule has 0 radical (unpaired) electrons. The van der Waals surface area contributed by atoms with Crippen LogP contribution in [0.25, 0.3) is 0 Å². The molecule has 1 aliphatic heterocycles. The second-order valence-corrected chi connectivity index (χ2v) is 7.83. The maximum atomic E-state index is 5.24. The van der Waals surface area contributed by atoms with Gasteiger partial charge in [-0.3, -0.25) is 4.99 Å². The molecule has 1 atom stereocenters. The normalized spacial score (nSPS) is 17.2. The van der Waals surface area contributed by atoms with Crippen LogP contribution in [0.15, 0.2) is 29.3 Å². The summed E-state index contributed by atoms with van der Waals surface area (Å²) >= 11 is 0. The predicted octanol–water partition coefficient (Wildman–Crippen LogP) is 3.24. The molecule has 6 heteroatoms. The Morgan fingerprint density at radius 2 is 1.93 bits per heavy atom. The van der Waals surface area contributed by atoms with Crippen molar-refractivity contribution in [2.24, 2.45) is 4.99 Å². The molecule has 1 aliphatic rings. The number of hydrogen-bond donors (Lipinski definition) is 2. The van der Waals surface area contributed by atoms with E-state index in [0.29, 0.717) is 12.0 Å². The lowest BCUT2D eigenvalue weighted by Crippen LogP contribution is -2.48. The average Bonchev–Trinajstić information content (AvgIpc) is 2.75. The Bertz CT molecular complexity index is 583. The van der Waals surface area contributed by atoms with Gasteiger partial charge in [-0.25, -0.2) is 0 Å². The van der Waals surface area contributed by atoms with Gasteiger partial charge in [-0.05, 0) is 56.2 Å². The molecule has 2 N–H and O–H groups in total. The Balaban J connectivity index is 1.76. The maximum Gasteiger partial charge on any atom is 0.191 e. The minimum atomic E-state index is 0.475. The first kappa shape index (κ1) is 23.5. The number of rotatable bonds is 11. The minimum Gasteiger partial charge on any atom is -0.497 e. The topological polar surface area (TPSA) is 58.1 Å². The summed E-state index contributed by atoms with van der Waals surface area (Å²) in [5.41, 5.74) is 1.33. The van der Waals surface area contributed by atoms with E-state index in [9.17, 15) is 0 Å². The molecule has 1 aromatic rings. The first-order chi connectivity index (χ1) is 14.2. The van der Waals surface area contributed by atoms with Crippen LogP contribution in [0.2, 0.25) is 0 Å². The molecule has 6 nitrogen and oxygen atoms in total. The number of methoxy groups -OCH3 is 2. The molecule has 1 heterocycles. The quantitative estimate of drug-likeness (QED) is 0.337. The zero-order chi connectivity index (χ0) is 20.9. The molecule has 1 unspecified atom stereocenters. The molecule has 0 saturated carbocycles. The maximum absolute atomic E-state index is 5.24. The van der Waals surface area contributed by atoms with Crippen molar-refractivity contribution in [3.8, 4) is 5.75 Å². The molecule has 1 saturated heterocycles. The molecular formula is C23H40N4O2. The Morgan fingerprint density at radius 3 is 2.55 bits per heavy atom. The largest absolute Gasteiger partial charge is 0.497 e. The summed E-state index contributed by atoms with van der Waals surface area (Å²) in [4.78, 5) is 7.37. The lowest BCUT2D eigenvalue weighted by molar-refractivity contribution is 0.155. The predicted molar refractivity (Wildman–Crippen MR) is 121 cm³/mol. The van der Waals surface area contributed by atoms with Crippen molar-refractivity contribution in [2.75, 3.05) is 53.6 Å². The highest BCUT2D eigenvalue weighted by atomic mass is 16.5. The SMILES string of the molecule is CCNC(=NCCC(C)c1ccc(OC)cc1)NC1CCN(CCCOC)CC1.